The zero-order chi connectivity index (χ0) is 34.5. The molecular weight excluding hydrogens is 628 g/mol. The second-order valence-corrected chi connectivity index (χ2v) is 12.4. The van der Waals surface area contributed by atoms with E-state index in [1.54, 1.807) is 37.7 Å². The van der Waals surface area contributed by atoms with Crippen molar-refractivity contribution in [2.75, 3.05) is 26.9 Å². The van der Waals surface area contributed by atoms with E-state index in [4.69, 9.17) is 28.7 Å². The first kappa shape index (κ1) is 34.5. The Morgan fingerprint density at radius 1 is 0.896 bits per heavy atom. The third-order valence-corrected chi connectivity index (χ3v) is 9.09. The van der Waals surface area contributed by atoms with Gasteiger partial charge in [-0.1, -0.05) is 47.2 Å². The average Bonchev–Trinajstić information content (AvgIpc) is 3.34. The van der Waals surface area contributed by atoms with Crippen LogP contribution in [0.3, 0.4) is 0 Å². The SMILES string of the molecule is CCOC(=O)C1=C(C)N=c2s/c(=C/c3ccc(OCc4c(C)cc(C)cc4C)c(OCC)c3)c(=O)n2[C@@H]1c1cccc(OC)c1OCC. The van der Waals surface area contributed by atoms with Crippen LogP contribution in [0, 0.1) is 20.8 Å². The second kappa shape index (κ2) is 14.9. The smallest absolute Gasteiger partial charge is 0.338 e. The lowest BCUT2D eigenvalue weighted by Gasteiger charge is -2.26. The molecule has 1 aliphatic rings. The first-order chi connectivity index (χ1) is 23.1. The van der Waals surface area contributed by atoms with Crippen molar-refractivity contribution in [1.82, 2.24) is 4.57 Å². The van der Waals surface area contributed by atoms with Gasteiger partial charge in [0, 0.05) is 5.56 Å². The molecule has 1 atom stereocenters. The number of allylic oxidation sites excluding steroid dienone is 1. The molecule has 252 valence electrons. The fourth-order valence-electron chi connectivity index (χ4n) is 6.03. The lowest BCUT2D eigenvalue weighted by atomic mass is 9.94. The molecule has 3 aromatic carbocycles. The number of carbonyl (C=O) groups is 1. The molecule has 1 aromatic heterocycles. The van der Waals surface area contributed by atoms with E-state index in [-0.39, 0.29) is 17.7 Å². The maximum absolute atomic E-state index is 14.3. The Morgan fingerprint density at radius 2 is 1.62 bits per heavy atom. The first-order valence-corrected chi connectivity index (χ1v) is 16.9. The summed E-state index contributed by atoms with van der Waals surface area (Å²) < 4.78 is 31.3. The van der Waals surface area contributed by atoms with Crippen LogP contribution in [0.5, 0.6) is 23.0 Å². The highest BCUT2D eigenvalue weighted by atomic mass is 32.1. The van der Waals surface area contributed by atoms with Gasteiger partial charge >= 0.3 is 5.97 Å². The summed E-state index contributed by atoms with van der Waals surface area (Å²) in [7, 11) is 1.55. The molecule has 0 unspecified atom stereocenters. The molecular formula is C38H42N2O7S. The van der Waals surface area contributed by atoms with Crippen LogP contribution < -0.4 is 33.8 Å². The van der Waals surface area contributed by atoms with Gasteiger partial charge in [-0.15, -0.1) is 0 Å². The van der Waals surface area contributed by atoms with E-state index in [0.717, 1.165) is 11.1 Å². The molecule has 0 spiro atoms. The number of ether oxygens (including phenoxy) is 5. The summed E-state index contributed by atoms with van der Waals surface area (Å²) in [5.74, 6) is 1.60. The van der Waals surface area contributed by atoms with E-state index in [0.29, 0.717) is 63.4 Å². The van der Waals surface area contributed by atoms with Gasteiger partial charge in [-0.05, 0) is 95.0 Å². The van der Waals surface area contributed by atoms with E-state index < -0.39 is 12.0 Å². The van der Waals surface area contributed by atoms with Crippen LogP contribution in [0.15, 0.2) is 69.6 Å². The van der Waals surface area contributed by atoms with Crippen molar-refractivity contribution >= 4 is 23.4 Å². The number of hydrogen-bond donors (Lipinski definition) is 0. The summed E-state index contributed by atoms with van der Waals surface area (Å²) in [5, 5.41) is 0. The topological polar surface area (TPSA) is 97.6 Å². The van der Waals surface area contributed by atoms with Gasteiger partial charge < -0.3 is 23.7 Å². The van der Waals surface area contributed by atoms with E-state index in [2.05, 4.69) is 32.9 Å². The molecule has 0 bridgehead atoms. The number of para-hydroxylation sites is 1. The maximum atomic E-state index is 14.3. The normalized spacial score (nSPS) is 14.3. The molecule has 5 rings (SSSR count). The predicted octanol–water partition coefficient (Wildman–Crippen LogP) is 6.11. The third kappa shape index (κ3) is 6.89. The van der Waals surface area contributed by atoms with Gasteiger partial charge in [-0.3, -0.25) is 9.36 Å². The predicted molar refractivity (Wildman–Crippen MR) is 187 cm³/mol. The number of aromatic nitrogens is 1. The van der Waals surface area contributed by atoms with Crippen molar-refractivity contribution < 1.29 is 28.5 Å². The minimum Gasteiger partial charge on any atom is -0.493 e. The highest BCUT2D eigenvalue weighted by Gasteiger charge is 2.36. The third-order valence-electron chi connectivity index (χ3n) is 8.11. The highest BCUT2D eigenvalue weighted by molar-refractivity contribution is 7.07. The van der Waals surface area contributed by atoms with E-state index in [1.807, 2.05) is 44.2 Å². The largest absolute Gasteiger partial charge is 0.493 e. The van der Waals surface area contributed by atoms with Crippen LogP contribution in [0.4, 0.5) is 0 Å². The zero-order valence-electron chi connectivity index (χ0n) is 28.8. The van der Waals surface area contributed by atoms with Crippen LogP contribution in [0.25, 0.3) is 6.08 Å². The number of benzene rings is 3. The number of thiazole rings is 1. The van der Waals surface area contributed by atoms with E-state index >= 15 is 0 Å². The van der Waals surface area contributed by atoms with Gasteiger partial charge in [0.1, 0.15) is 12.6 Å². The number of nitrogens with zero attached hydrogens (tertiary/aromatic N) is 2. The number of esters is 1. The Kier molecular flexibility index (Phi) is 10.7. The van der Waals surface area contributed by atoms with Crippen LogP contribution in [0.2, 0.25) is 0 Å². The first-order valence-electron chi connectivity index (χ1n) is 16.1. The lowest BCUT2D eigenvalue weighted by Crippen LogP contribution is -2.40. The number of rotatable bonds is 12. The fourth-order valence-corrected chi connectivity index (χ4v) is 7.08. The molecule has 48 heavy (non-hydrogen) atoms. The number of carbonyl (C=O) groups excluding carboxylic acids is 1. The molecule has 1 aliphatic heterocycles. The second-order valence-electron chi connectivity index (χ2n) is 11.4. The Labute approximate surface area is 284 Å². The van der Waals surface area contributed by atoms with Gasteiger partial charge in [0.05, 0.1) is 42.7 Å². The van der Waals surface area contributed by atoms with Crippen molar-refractivity contribution in [3.8, 4) is 23.0 Å². The maximum Gasteiger partial charge on any atom is 0.338 e. The summed E-state index contributed by atoms with van der Waals surface area (Å²) in [6.07, 6.45) is 1.81. The van der Waals surface area contributed by atoms with Crippen LogP contribution in [-0.2, 0) is 16.1 Å². The van der Waals surface area contributed by atoms with Crippen molar-refractivity contribution in [2.45, 2.75) is 61.1 Å². The summed E-state index contributed by atoms with van der Waals surface area (Å²) in [4.78, 5) is 32.8. The number of methoxy groups -OCH3 is 1. The summed E-state index contributed by atoms with van der Waals surface area (Å²) >= 11 is 1.25. The van der Waals surface area contributed by atoms with Crippen molar-refractivity contribution in [1.29, 1.82) is 0 Å². The molecule has 0 amide bonds. The average molecular weight is 671 g/mol. The minimum atomic E-state index is -0.845. The fraction of sp³-hybridized carbons (Fsp3) is 0.342. The molecule has 0 saturated heterocycles. The molecule has 0 aliphatic carbocycles. The van der Waals surface area contributed by atoms with Gasteiger partial charge in [-0.25, -0.2) is 9.79 Å². The van der Waals surface area contributed by atoms with Crippen LogP contribution >= 0.6 is 11.3 Å². The summed E-state index contributed by atoms with van der Waals surface area (Å²) in [6, 6.07) is 14.5. The standard InChI is InChI=1S/C38H42N2O7S/c1-9-44-31-19-26(15-16-29(31)47-21-28-23(5)17-22(4)18-24(28)6)20-32-36(41)40-34(27-13-12-14-30(43-8)35(27)45-10-2)33(37(42)46-11-3)25(7)39-38(40)48-32/h12-20,34H,9-11,21H2,1-8H3/b32-20+/t34-/m1/s1. The zero-order valence-corrected chi connectivity index (χ0v) is 29.6. The Hall–Kier alpha value is -4.83. The summed E-state index contributed by atoms with van der Waals surface area (Å²) in [6.45, 7) is 14.9. The van der Waals surface area contributed by atoms with Crippen LogP contribution in [-0.4, -0.2) is 37.5 Å². The van der Waals surface area contributed by atoms with Crippen molar-refractivity contribution in [2.24, 2.45) is 4.99 Å². The number of aryl methyl sites for hydroxylation is 3. The number of hydrogen-bond acceptors (Lipinski definition) is 9. The van der Waals surface area contributed by atoms with Gasteiger partial charge in [0.2, 0.25) is 0 Å². The van der Waals surface area contributed by atoms with Gasteiger partial charge in [0.25, 0.3) is 5.56 Å². The van der Waals surface area contributed by atoms with Crippen molar-refractivity contribution in [3.05, 3.63) is 113 Å². The molecule has 10 heteroatoms. The van der Waals surface area contributed by atoms with Gasteiger partial charge in [-0.2, -0.15) is 0 Å². The van der Waals surface area contributed by atoms with Crippen molar-refractivity contribution in [3.63, 3.8) is 0 Å². The van der Waals surface area contributed by atoms with E-state index in [1.165, 1.54) is 28.0 Å². The molecule has 0 N–H and O–H groups in total. The van der Waals surface area contributed by atoms with E-state index in [9.17, 15) is 9.59 Å². The Balaban J connectivity index is 1.60. The van der Waals surface area contributed by atoms with Crippen LogP contribution in [0.1, 0.15) is 67.1 Å². The summed E-state index contributed by atoms with van der Waals surface area (Å²) in [5.41, 5.74) is 6.51. The lowest BCUT2D eigenvalue weighted by molar-refractivity contribution is -0.139. The number of fused-ring (bicyclic) bond motifs is 1. The monoisotopic (exact) mass is 670 g/mol. The minimum absolute atomic E-state index is 0.176. The molecule has 4 aromatic rings. The molecule has 9 nitrogen and oxygen atoms in total. The highest BCUT2D eigenvalue weighted by Crippen LogP contribution is 2.41. The molecule has 0 fully saturated rings. The quantitative estimate of drug-likeness (QED) is 0.168. The Bertz CT molecular complexity index is 2030. The van der Waals surface area contributed by atoms with Gasteiger partial charge in [0.15, 0.2) is 27.8 Å². The Morgan fingerprint density at radius 3 is 2.29 bits per heavy atom. The molecule has 2 heterocycles. The molecule has 0 saturated carbocycles. The molecule has 0 radical (unpaired) electrons.